The van der Waals surface area contributed by atoms with Gasteiger partial charge in [0.15, 0.2) is 6.61 Å². The Bertz CT molecular complexity index is 423. The number of carboxylic acids is 1. The number of nitro benzene ring substituents is 1. The Labute approximate surface area is 98.3 Å². The predicted molar refractivity (Wildman–Crippen MR) is 58.0 cm³/mol. The molecule has 0 amide bonds. The Morgan fingerprint density at radius 3 is 2.88 bits per heavy atom. The molecule has 0 bridgehead atoms. The van der Waals surface area contributed by atoms with Crippen molar-refractivity contribution in [3.05, 3.63) is 32.8 Å². The van der Waals surface area contributed by atoms with Gasteiger partial charge < -0.3 is 5.11 Å². The summed E-state index contributed by atoms with van der Waals surface area (Å²) in [5.74, 6) is -1.17. The molecule has 0 aliphatic rings. The fraction of sp³-hybridized carbons (Fsp3) is 0.125. The molecular weight excluding hydrogens is 284 g/mol. The van der Waals surface area contributed by atoms with E-state index in [0.717, 1.165) is 0 Å². The molecular formula is C8H7BrN2O5. The molecule has 0 spiro atoms. The predicted octanol–water partition coefficient (Wildman–Crippen LogP) is 1.79. The van der Waals surface area contributed by atoms with Crippen LogP contribution in [0.2, 0.25) is 0 Å². The van der Waals surface area contributed by atoms with Gasteiger partial charge in [0.25, 0.3) is 5.69 Å². The standard InChI is InChI=1S/C8H7BrN2O5/c9-5-1-2-6(7(3-5)11(14)15)10-16-4-8(12)13/h1-3,10H,4H2,(H,12,13). The number of carbonyl (C=O) groups is 1. The summed E-state index contributed by atoms with van der Waals surface area (Å²) >= 11 is 3.09. The first-order valence-corrected chi connectivity index (χ1v) is 4.83. The number of rotatable bonds is 5. The molecule has 0 fully saturated rings. The molecule has 0 atom stereocenters. The summed E-state index contributed by atoms with van der Waals surface area (Å²) in [6.07, 6.45) is 0. The lowest BCUT2D eigenvalue weighted by Gasteiger charge is -2.05. The molecule has 16 heavy (non-hydrogen) atoms. The van der Waals surface area contributed by atoms with Crippen LogP contribution in [0.4, 0.5) is 11.4 Å². The Balaban J connectivity index is 2.78. The van der Waals surface area contributed by atoms with E-state index in [4.69, 9.17) is 5.11 Å². The number of carboxylic acid groups (broad SMARTS) is 1. The van der Waals surface area contributed by atoms with Gasteiger partial charge in [-0.2, -0.15) is 0 Å². The monoisotopic (exact) mass is 290 g/mol. The highest BCUT2D eigenvalue weighted by Crippen LogP contribution is 2.27. The minimum Gasteiger partial charge on any atom is -0.479 e. The number of aliphatic carboxylic acids is 1. The first-order valence-electron chi connectivity index (χ1n) is 4.04. The van der Waals surface area contributed by atoms with Crippen LogP contribution in [0.15, 0.2) is 22.7 Å². The molecule has 0 saturated heterocycles. The van der Waals surface area contributed by atoms with Crippen molar-refractivity contribution in [3.8, 4) is 0 Å². The lowest BCUT2D eigenvalue weighted by molar-refractivity contribution is -0.384. The molecule has 8 heteroatoms. The van der Waals surface area contributed by atoms with Gasteiger partial charge >= 0.3 is 5.97 Å². The third-order valence-corrected chi connectivity index (χ3v) is 2.03. The lowest BCUT2D eigenvalue weighted by Crippen LogP contribution is -2.12. The topological polar surface area (TPSA) is 102 Å². The van der Waals surface area contributed by atoms with Crippen LogP contribution in [-0.2, 0) is 9.63 Å². The van der Waals surface area contributed by atoms with Crippen molar-refractivity contribution in [2.75, 3.05) is 12.1 Å². The smallest absolute Gasteiger partial charge is 0.332 e. The summed E-state index contributed by atoms with van der Waals surface area (Å²) in [7, 11) is 0. The molecule has 1 aromatic carbocycles. The third-order valence-electron chi connectivity index (χ3n) is 1.53. The molecule has 7 nitrogen and oxygen atoms in total. The lowest BCUT2D eigenvalue weighted by atomic mass is 10.3. The van der Waals surface area contributed by atoms with E-state index in [9.17, 15) is 14.9 Å². The van der Waals surface area contributed by atoms with Gasteiger partial charge in [0.05, 0.1) is 4.92 Å². The van der Waals surface area contributed by atoms with Crippen molar-refractivity contribution in [2.24, 2.45) is 0 Å². The largest absolute Gasteiger partial charge is 0.479 e. The summed E-state index contributed by atoms with van der Waals surface area (Å²) in [5, 5.41) is 19.0. The van der Waals surface area contributed by atoms with Crippen molar-refractivity contribution in [1.82, 2.24) is 0 Å². The summed E-state index contributed by atoms with van der Waals surface area (Å²) in [4.78, 5) is 24.7. The second-order valence-corrected chi connectivity index (χ2v) is 3.62. The van der Waals surface area contributed by atoms with E-state index in [-0.39, 0.29) is 11.4 Å². The molecule has 0 radical (unpaired) electrons. The van der Waals surface area contributed by atoms with E-state index >= 15 is 0 Å². The number of halogens is 1. The molecule has 86 valence electrons. The van der Waals surface area contributed by atoms with Crippen molar-refractivity contribution in [1.29, 1.82) is 0 Å². The number of benzene rings is 1. The SMILES string of the molecule is O=C(O)CONc1ccc(Br)cc1[N+](=O)[O-]. The second-order valence-electron chi connectivity index (χ2n) is 2.70. The summed E-state index contributed by atoms with van der Waals surface area (Å²) in [5.41, 5.74) is 2.09. The second kappa shape index (κ2) is 5.42. The highest BCUT2D eigenvalue weighted by molar-refractivity contribution is 9.10. The number of nitrogens with one attached hydrogen (secondary N) is 1. The molecule has 0 aliphatic heterocycles. The first-order chi connectivity index (χ1) is 7.50. The molecule has 1 aromatic rings. The zero-order valence-corrected chi connectivity index (χ0v) is 9.43. The average molecular weight is 291 g/mol. The van der Waals surface area contributed by atoms with Crippen LogP contribution in [0.1, 0.15) is 0 Å². The number of nitrogens with zero attached hydrogens (tertiary/aromatic N) is 1. The van der Waals surface area contributed by atoms with Crippen molar-refractivity contribution < 1.29 is 19.7 Å². The highest BCUT2D eigenvalue weighted by Gasteiger charge is 2.14. The van der Waals surface area contributed by atoms with Crippen molar-refractivity contribution >= 4 is 33.3 Å². The quantitative estimate of drug-likeness (QED) is 0.633. The Morgan fingerprint density at radius 2 is 2.31 bits per heavy atom. The number of anilines is 1. The summed E-state index contributed by atoms with van der Waals surface area (Å²) in [6, 6.07) is 4.26. The van der Waals surface area contributed by atoms with Gasteiger partial charge in [-0.05, 0) is 12.1 Å². The third kappa shape index (κ3) is 3.48. The van der Waals surface area contributed by atoms with Gasteiger partial charge in [-0.15, -0.1) is 0 Å². The molecule has 0 aromatic heterocycles. The molecule has 0 heterocycles. The van der Waals surface area contributed by atoms with Gasteiger partial charge in [0.1, 0.15) is 5.69 Å². The Morgan fingerprint density at radius 1 is 1.62 bits per heavy atom. The normalized spacial score (nSPS) is 9.81. The van der Waals surface area contributed by atoms with E-state index in [1.54, 1.807) is 6.07 Å². The van der Waals surface area contributed by atoms with Crippen LogP contribution in [0.3, 0.4) is 0 Å². The van der Waals surface area contributed by atoms with Crippen LogP contribution < -0.4 is 5.48 Å². The maximum Gasteiger partial charge on any atom is 0.332 e. The van der Waals surface area contributed by atoms with E-state index < -0.39 is 17.5 Å². The molecule has 0 aliphatic carbocycles. The van der Waals surface area contributed by atoms with E-state index in [2.05, 4.69) is 26.2 Å². The van der Waals surface area contributed by atoms with Crippen LogP contribution in [0, 0.1) is 10.1 Å². The van der Waals surface area contributed by atoms with Crippen LogP contribution in [-0.4, -0.2) is 22.6 Å². The minimum absolute atomic E-state index is 0.0921. The molecule has 2 N–H and O–H groups in total. The summed E-state index contributed by atoms with van der Waals surface area (Å²) < 4.78 is 0.544. The molecule has 0 saturated carbocycles. The minimum atomic E-state index is -1.17. The molecule has 0 unspecified atom stereocenters. The highest BCUT2D eigenvalue weighted by atomic mass is 79.9. The van der Waals surface area contributed by atoms with Gasteiger partial charge in [-0.25, -0.2) is 4.79 Å². The number of nitro groups is 1. The van der Waals surface area contributed by atoms with Crippen molar-refractivity contribution in [2.45, 2.75) is 0 Å². The van der Waals surface area contributed by atoms with Gasteiger partial charge in [0.2, 0.25) is 0 Å². The maximum atomic E-state index is 10.6. The fourth-order valence-electron chi connectivity index (χ4n) is 0.918. The van der Waals surface area contributed by atoms with Gasteiger partial charge in [0, 0.05) is 10.5 Å². The zero-order valence-electron chi connectivity index (χ0n) is 7.84. The van der Waals surface area contributed by atoms with Crippen LogP contribution in [0.25, 0.3) is 0 Å². The number of hydrogen-bond acceptors (Lipinski definition) is 5. The van der Waals surface area contributed by atoms with Crippen molar-refractivity contribution in [3.63, 3.8) is 0 Å². The zero-order chi connectivity index (χ0) is 12.1. The van der Waals surface area contributed by atoms with E-state index in [1.165, 1.54) is 12.1 Å². The van der Waals surface area contributed by atoms with Crippen LogP contribution in [0.5, 0.6) is 0 Å². The fourth-order valence-corrected chi connectivity index (χ4v) is 1.27. The Hall–Kier alpha value is -1.67. The van der Waals surface area contributed by atoms with Gasteiger partial charge in [-0.1, -0.05) is 15.9 Å². The van der Waals surface area contributed by atoms with E-state index in [1.807, 2.05) is 0 Å². The Kier molecular flexibility index (Phi) is 4.20. The number of hydrogen-bond donors (Lipinski definition) is 2. The van der Waals surface area contributed by atoms with Gasteiger partial charge in [-0.3, -0.25) is 20.4 Å². The van der Waals surface area contributed by atoms with E-state index in [0.29, 0.717) is 4.47 Å². The summed E-state index contributed by atoms with van der Waals surface area (Å²) in [6.45, 7) is -0.590. The maximum absolute atomic E-state index is 10.6. The molecule has 1 rings (SSSR count). The van der Waals surface area contributed by atoms with Crippen LogP contribution >= 0.6 is 15.9 Å². The first kappa shape index (κ1) is 12.4. The average Bonchev–Trinajstić information content (AvgIpc) is 2.19.